The molecule has 0 aromatic carbocycles. The summed E-state index contributed by atoms with van der Waals surface area (Å²) in [5.41, 5.74) is 13.2. The van der Waals surface area contributed by atoms with Crippen LogP contribution in [0.15, 0.2) is 5.11 Å². The highest BCUT2D eigenvalue weighted by Crippen LogP contribution is 2.06. The van der Waals surface area contributed by atoms with Crippen LogP contribution in [0.4, 0.5) is 4.79 Å². The lowest BCUT2D eigenvalue weighted by molar-refractivity contribution is -0.129. The first kappa shape index (κ1) is 22.6. The molecule has 11 nitrogen and oxygen atoms in total. The zero-order valence-corrected chi connectivity index (χ0v) is 14.7. The molecule has 0 aromatic heterocycles. The van der Waals surface area contributed by atoms with Crippen LogP contribution >= 0.6 is 0 Å². The third-order valence-corrected chi connectivity index (χ3v) is 3.41. The van der Waals surface area contributed by atoms with Crippen LogP contribution in [0.1, 0.15) is 33.6 Å². The van der Waals surface area contributed by atoms with Gasteiger partial charge in [-0.2, -0.15) is 0 Å². The van der Waals surface area contributed by atoms with Gasteiger partial charge in [-0.05, 0) is 31.2 Å². The second kappa shape index (κ2) is 12.1. The minimum Gasteiger partial charge on any atom is -0.378 e. The van der Waals surface area contributed by atoms with Crippen LogP contribution in [-0.2, 0) is 9.59 Å². The number of carbonyl (C=O) groups is 3. The molecule has 0 rings (SSSR count). The van der Waals surface area contributed by atoms with Crippen LogP contribution in [0.5, 0.6) is 0 Å². The van der Waals surface area contributed by atoms with E-state index in [1.54, 1.807) is 13.8 Å². The van der Waals surface area contributed by atoms with Crippen molar-refractivity contribution in [3.8, 4) is 0 Å². The number of Topliss-reactive ketones (excluding diaryl/α,β-unsaturated/α-hetero) is 1. The Balaban J connectivity index is 4.71. The molecule has 11 heteroatoms. The maximum Gasteiger partial charge on any atom is 0.312 e. The molecule has 0 aliphatic rings. The molecule has 0 bridgehead atoms. The number of ketones is 1. The summed E-state index contributed by atoms with van der Waals surface area (Å²) in [6, 6.07) is -2.13. The van der Waals surface area contributed by atoms with E-state index in [1.165, 1.54) is 6.92 Å². The first-order valence-corrected chi connectivity index (χ1v) is 7.98. The lowest BCUT2D eigenvalue weighted by Gasteiger charge is -2.26. The average molecular weight is 357 g/mol. The number of azide groups is 1. The minimum atomic E-state index is -1.18. The molecule has 1 unspecified atom stereocenters. The Morgan fingerprint density at radius 1 is 1.32 bits per heavy atom. The lowest BCUT2D eigenvalue weighted by atomic mass is 10.0. The van der Waals surface area contributed by atoms with Crippen molar-refractivity contribution in [1.29, 1.82) is 0 Å². The normalized spacial score (nSPS) is 14.1. The van der Waals surface area contributed by atoms with Crippen molar-refractivity contribution in [3.63, 3.8) is 0 Å². The first-order chi connectivity index (χ1) is 11.7. The molecule has 0 fully saturated rings. The van der Waals surface area contributed by atoms with Crippen LogP contribution in [0.25, 0.3) is 10.4 Å². The molecule has 0 aliphatic carbocycles. The fourth-order valence-corrected chi connectivity index (χ4v) is 2.10. The van der Waals surface area contributed by atoms with Crippen LogP contribution in [0.3, 0.4) is 0 Å². The SMILES string of the molecule is CC(=O)[C@H](CCCNC(N)=O)NC(=O)[C@@H](NC(O)CN=[N+]=[N-])C(C)C. The van der Waals surface area contributed by atoms with Crippen LogP contribution in [0, 0.1) is 5.92 Å². The molecular formula is C14H27N7O4. The predicted octanol–water partition coefficient (Wildman–Crippen LogP) is -0.248. The molecule has 0 radical (unpaired) electrons. The molecular weight excluding hydrogens is 330 g/mol. The molecule has 0 heterocycles. The average Bonchev–Trinajstić information content (AvgIpc) is 2.52. The fourth-order valence-electron chi connectivity index (χ4n) is 2.10. The number of primary amides is 1. The molecule has 0 aromatic rings. The Morgan fingerprint density at radius 3 is 2.44 bits per heavy atom. The summed E-state index contributed by atoms with van der Waals surface area (Å²) < 4.78 is 0. The zero-order chi connectivity index (χ0) is 19.4. The van der Waals surface area contributed by atoms with E-state index >= 15 is 0 Å². The molecule has 0 spiro atoms. The summed E-state index contributed by atoms with van der Waals surface area (Å²) in [6.07, 6.45) is -0.371. The van der Waals surface area contributed by atoms with Crippen molar-refractivity contribution in [2.75, 3.05) is 13.1 Å². The van der Waals surface area contributed by atoms with Gasteiger partial charge < -0.3 is 21.5 Å². The van der Waals surface area contributed by atoms with Gasteiger partial charge in [-0.25, -0.2) is 4.79 Å². The van der Waals surface area contributed by atoms with Gasteiger partial charge >= 0.3 is 6.03 Å². The molecule has 0 saturated heterocycles. The third kappa shape index (κ3) is 10.2. The largest absolute Gasteiger partial charge is 0.378 e. The Bertz CT molecular complexity index is 505. The summed E-state index contributed by atoms with van der Waals surface area (Å²) >= 11 is 0. The number of hydrogen-bond acceptors (Lipinski definition) is 6. The fraction of sp³-hybridized carbons (Fsp3) is 0.786. The van der Waals surface area contributed by atoms with Gasteiger partial charge in [0.2, 0.25) is 5.91 Å². The topological polar surface area (TPSA) is 182 Å². The van der Waals surface area contributed by atoms with Gasteiger partial charge in [-0.3, -0.25) is 14.9 Å². The van der Waals surface area contributed by atoms with Gasteiger partial charge in [0, 0.05) is 11.5 Å². The van der Waals surface area contributed by atoms with E-state index in [-0.39, 0.29) is 18.2 Å². The second-order valence-electron chi connectivity index (χ2n) is 5.92. The highest BCUT2D eigenvalue weighted by Gasteiger charge is 2.27. The summed E-state index contributed by atoms with van der Waals surface area (Å²) in [5, 5.41) is 20.7. The number of nitrogens with zero attached hydrogens (tertiary/aromatic N) is 3. The van der Waals surface area contributed by atoms with Gasteiger partial charge in [0.05, 0.1) is 18.6 Å². The van der Waals surface area contributed by atoms with Crippen LogP contribution in [-0.4, -0.2) is 54.2 Å². The second-order valence-corrected chi connectivity index (χ2v) is 5.92. The van der Waals surface area contributed by atoms with Crippen molar-refractivity contribution >= 4 is 17.7 Å². The van der Waals surface area contributed by atoms with Gasteiger partial charge in [0.25, 0.3) is 0 Å². The number of urea groups is 1. The molecule has 3 amide bonds. The highest BCUT2D eigenvalue weighted by atomic mass is 16.3. The number of hydrogen-bond donors (Lipinski definition) is 5. The smallest absolute Gasteiger partial charge is 0.312 e. The van der Waals surface area contributed by atoms with Gasteiger partial charge in [-0.1, -0.05) is 19.0 Å². The van der Waals surface area contributed by atoms with Crippen molar-refractivity contribution < 1.29 is 19.5 Å². The highest BCUT2D eigenvalue weighted by molar-refractivity contribution is 5.89. The van der Waals surface area contributed by atoms with Crippen molar-refractivity contribution in [1.82, 2.24) is 16.0 Å². The van der Waals surface area contributed by atoms with Crippen molar-refractivity contribution in [3.05, 3.63) is 10.4 Å². The minimum absolute atomic E-state index is 0.176. The van der Waals surface area contributed by atoms with E-state index in [1.807, 2.05) is 0 Å². The van der Waals surface area contributed by atoms with Gasteiger partial charge in [0.1, 0.15) is 6.23 Å². The lowest BCUT2D eigenvalue weighted by Crippen LogP contribution is -2.55. The summed E-state index contributed by atoms with van der Waals surface area (Å²) in [5.74, 6) is -0.840. The van der Waals surface area contributed by atoms with E-state index in [0.717, 1.165) is 0 Å². The number of rotatable bonds is 12. The maximum atomic E-state index is 12.4. The molecule has 6 N–H and O–H groups in total. The Morgan fingerprint density at radius 2 is 1.96 bits per heavy atom. The van der Waals surface area contributed by atoms with Crippen molar-refractivity contribution in [2.24, 2.45) is 16.8 Å². The number of carbonyl (C=O) groups excluding carboxylic acids is 3. The Kier molecular flexibility index (Phi) is 10.9. The maximum absolute atomic E-state index is 12.4. The summed E-state index contributed by atoms with van der Waals surface area (Å²) in [6.45, 7) is 4.99. The predicted molar refractivity (Wildman–Crippen MR) is 91.2 cm³/mol. The van der Waals surface area contributed by atoms with E-state index in [9.17, 15) is 19.5 Å². The number of nitrogens with two attached hydrogens (primary N) is 1. The molecule has 0 saturated carbocycles. The summed E-state index contributed by atoms with van der Waals surface area (Å²) in [7, 11) is 0. The first-order valence-electron chi connectivity index (χ1n) is 7.98. The Hall–Kier alpha value is -2.36. The van der Waals surface area contributed by atoms with E-state index < -0.39 is 30.2 Å². The molecule has 142 valence electrons. The van der Waals surface area contributed by atoms with Crippen LogP contribution in [0.2, 0.25) is 0 Å². The third-order valence-electron chi connectivity index (χ3n) is 3.41. The van der Waals surface area contributed by atoms with Gasteiger partial charge in [0.15, 0.2) is 5.78 Å². The number of nitrogens with one attached hydrogen (secondary N) is 3. The Labute approximate surface area is 146 Å². The summed E-state index contributed by atoms with van der Waals surface area (Å²) in [4.78, 5) is 37.3. The molecule has 25 heavy (non-hydrogen) atoms. The number of aliphatic hydroxyl groups is 1. The van der Waals surface area contributed by atoms with Gasteiger partial charge in [-0.15, -0.1) is 0 Å². The zero-order valence-electron chi connectivity index (χ0n) is 14.7. The molecule has 3 atom stereocenters. The monoisotopic (exact) mass is 357 g/mol. The number of amides is 3. The van der Waals surface area contributed by atoms with Crippen LogP contribution < -0.4 is 21.7 Å². The quantitative estimate of drug-likeness (QED) is 0.106. The van der Waals surface area contributed by atoms with E-state index in [4.69, 9.17) is 11.3 Å². The standard InChI is InChI=1S/C14H27N7O4/c1-8(2)12(20-11(23)7-18-21-16)13(24)19-10(9(3)22)5-4-6-17-14(15)25/h8,10-12,20,23H,4-7H2,1-3H3,(H,19,24)(H3,15,17,25)/t10-,11?,12-/m0/s1. The number of aliphatic hydroxyl groups excluding tert-OH is 1. The van der Waals surface area contributed by atoms with E-state index in [2.05, 4.69) is 26.0 Å². The van der Waals surface area contributed by atoms with E-state index in [0.29, 0.717) is 19.4 Å². The molecule has 0 aliphatic heterocycles. The van der Waals surface area contributed by atoms with Crippen molar-refractivity contribution in [2.45, 2.75) is 51.9 Å².